The van der Waals surface area contributed by atoms with Crippen molar-refractivity contribution in [2.45, 2.75) is 33.4 Å². The Bertz CT molecular complexity index is 639. The molecule has 0 bridgehead atoms. The van der Waals surface area contributed by atoms with Gasteiger partial charge in [-0.15, -0.1) is 0 Å². The Kier molecular flexibility index (Phi) is 5.67. The summed E-state index contributed by atoms with van der Waals surface area (Å²) in [7, 11) is 0. The van der Waals surface area contributed by atoms with E-state index in [0.29, 0.717) is 23.8 Å². The zero-order valence-electron chi connectivity index (χ0n) is 13.0. The standard InChI is InChI=1S/C16H19F2N3O2/c1-11(2)10-21-14(7-8-19-21)20-15(22)9-12-3-5-13(6-4-12)23-16(17)18/h3-8,11,16H,9-10H2,1-2H3,(H,20,22). The fraction of sp³-hybridized carbons (Fsp3) is 0.375. The van der Waals surface area contributed by atoms with Crippen LogP contribution in [0.2, 0.25) is 0 Å². The smallest absolute Gasteiger partial charge is 0.387 e. The lowest BCUT2D eigenvalue weighted by Gasteiger charge is -2.11. The van der Waals surface area contributed by atoms with E-state index in [4.69, 9.17) is 0 Å². The van der Waals surface area contributed by atoms with Gasteiger partial charge in [0.1, 0.15) is 11.6 Å². The number of amides is 1. The summed E-state index contributed by atoms with van der Waals surface area (Å²) >= 11 is 0. The number of halogens is 2. The van der Waals surface area contributed by atoms with E-state index in [1.807, 2.05) is 0 Å². The average Bonchev–Trinajstić information content (AvgIpc) is 2.86. The van der Waals surface area contributed by atoms with Gasteiger partial charge in [-0.05, 0) is 23.6 Å². The Morgan fingerprint density at radius 3 is 2.57 bits per heavy atom. The molecule has 2 aromatic rings. The van der Waals surface area contributed by atoms with E-state index in [1.165, 1.54) is 12.1 Å². The Morgan fingerprint density at radius 1 is 1.26 bits per heavy atom. The number of benzene rings is 1. The maximum absolute atomic E-state index is 12.1. The molecule has 0 aliphatic carbocycles. The molecule has 1 aromatic heterocycles. The Morgan fingerprint density at radius 2 is 1.96 bits per heavy atom. The van der Waals surface area contributed by atoms with Crippen molar-refractivity contribution >= 4 is 11.7 Å². The first-order valence-corrected chi connectivity index (χ1v) is 7.29. The van der Waals surface area contributed by atoms with Crippen LogP contribution in [-0.2, 0) is 17.8 Å². The van der Waals surface area contributed by atoms with Gasteiger partial charge in [0.2, 0.25) is 5.91 Å². The van der Waals surface area contributed by atoms with Gasteiger partial charge in [0.05, 0.1) is 12.6 Å². The second kappa shape index (κ2) is 7.71. The SMILES string of the molecule is CC(C)Cn1nccc1NC(=O)Cc1ccc(OC(F)F)cc1. The summed E-state index contributed by atoms with van der Waals surface area (Å²) < 4.78 is 30.2. The van der Waals surface area contributed by atoms with Crippen molar-refractivity contribution in [3.63, 3.8) is 0 Å². The van der Waals surface area contributed by atoms with Crippen molar-refractivity contribution < 1.29 is 18.3 Å². The fourth-order valence-electron chi connectivity index (χ4n) is 2.09. The van der Waals surface area contributed by atoms with Crippen molar-refractivity contribution in [2.24, 2.45) is 5.92 Å². The number of rotatable bonds is 7. The van der Waals surface area contributed by atoms with Gasteiger partial charge in [-0.3, -0.25) is 4.79 Å². The minimum absolute atomic E-state index is 0.0687. The van der Waals surface area contributed by atoms with E-state index in [9.17, 15) is 13.6 Å². The van der Waals surface area contributed by atoms with E-state index in [-0.39, 0.29) is 18.1 Å². The molecule has 2 rings (SSSR count). The molecular formula is C16H19F2N3O2. The minimum atomic E-state index is -2.86. The summed E-state index contributed by atoms with van der Waals surface area (Å²) in [4.78, 5) is 12.1. The second-order valence-corrected chi connectivity index (χ2v) is 5.54. The van der Waals surface area contributed by atoms with Gasteiger partial charge >= 0.3 is 6.61 Å². The molecular weight excluding hydrogens is 304 g/mol. The quantitative estimate of drug-likeness (QED) is 0.850. The Labute approximate surface area is 133 Å². The highest BCUT2D eigenvalue weighted by molar-refractivity contribution is 5.91. The van der Waals surface area contributed by atoms with Gasteiger partial charge in [-0.25, -0.2) is 4.68 Å². The molecule has 23 heavy (non-hydrogen) atoms. The molecule has 0 fully saturated rings. The molecule has 0 unspecified atom stereocenters. The summed E-state index contributed by atoms with van der Waals surface area (Å²) in [5.74, 6) is 0.923. The van der Waals surface area contributed by atoms with Crippen LogP contribution in [0, 0.1) is 5.92 Å². The van der Waals surface area contributed by atoms with Gasteiger partial charge in [0.25, 0.3) is 0 Å². The zero-order valence-corrected chi connectivity index (χ0v) is 13.0. The molecule has 1 amide bonds. The lowest BCUT2D eigenvalue weighted by atomic mass is 10.1. The average molecular weight is 323 g/mol. The third-order valence-corrected chi connectivity index (χ3v) is 3.04. The summed E-state index contributed by atoms with van der Waals surface area (Å²) in [6.07, 6.45) is 1.77. The zero-order chi connectivity index (χ0) is 16.8. The largest absolute Gasteiger partial charge is 0.435 e. The third-order valence-electron chi connectivity index (χ3n) is 3.04. The first-order chi connectivity index (χ1) is 10.9. The van der Waals surface area contributed by atoms with Crippen molar-refractivity contribution in [1.29, 1.82) is 0 Å². The van der Waals surface area contributed by atoms with Crippen LogP contribution >= 0.6 is 0 Å². The van der Waals surface area contributed by atoms with Crippen LogP contribution < -0.4 is 10.1 Å². The van der Waals surface area contributed by atoms with Crippen LogP contribution in [0.15, 0.2) is 36.5 Å². The highest BCUT2D eigenvalue weighted by Crippen LogP contribution is 2.16. The summed E-state index contributed by atoms with van der Waals surface area (Å²) in [6.45, 7) is 1.99. The highest BCUT2D eigenvalue weighted by Gasteiger charge is 2.10. The maximum Gasteiger partial charge on any atom is 0.387 e. The van der Waals surface area contributed by atoms with Crippen molar-refractivity contribution in [2.75, 3.05) is 5.32 Å². The Balaban J connectivity index is 1.93. The number of nitrogens with one attached hydrogen (secondary N) is 1. The number of hydrogen-bond donors (Lipinski definition) is 1. The van der Waals surface area contributed by atoms with E-state index < -0.39 is 6.61 Å². The molecule has 1 N–H and O–H groups in total. The minimum Gasteiger partial charge on any atom is -0.435 e. The highest BCUT2D eigenvalue weighted by atomic mass is 19.3. The van der Waals surface area contributed by atoms with Gasteiger partial charge in [-0.2, -0.15) is 13.9 Å². The molecule has 0 spiro atoms. The predicted molar refractivity (Wildman–Crippen MR) is 82.5 cm³/mol. The Hall–Kier alpha value is -2.44. The molecule has 0 saturated heterocycles. The van der Waals surface area contributed by atoms with Gasteiger partial charge < -0.3 is 10.1 Å². The van der Waals surface area contributed by atoms with E-state index >= 15 is 0 Å². The number of hydrogen-bond acceptors (Lipinski definition) is 3. The molecule has 1 aromatic carbocycles. The second-order valence-electron chi connectivity index (χ2n) is 5.54. The maximum atomic E-state index is 12.1. The summed E-state index contributed by atoms with van der Waals surface area (Å²) in [5, 5.41) is 6.97. The normalized spacial score (nSPS) is 11.0. The van der Waals surface area contributed by atoms with Crippen LogP contribution in [0.5, 0.6) is 5.75 Å². The first-order valence-electron chi connectivity index (χ1n) is 7.29. The summed E-state index contributed by atoms with van der Waals surface area (Å²) in [6, 6.07) is 7.74. The van der Waals surface area contributed by atoms with Crippen molar-refractivity contribution in [3.8, 4) is 5.75 Å². The molecule has 0 atom stereocenters. The number of aromatic nitrogens is 2. The molecule has 0 aliphatic heterocycles. The number of ether oxygens (including phenoxy) is 1. The first kappa shape index (κ1) is 16.9. The molecule has 1 heterocycles. The van der Waals surface area contributed by atoms with Crippen LogP contribution in [0.25, 0.3) is 0 Å². The van der Waals surface area contributed by atoms with Crippen LogP contribution in [0.4, 0.5) is 14.6 Å². The number of anilines is 1. The number of carbonyl (C=O) groups excluding carboxylic acids is 1. The van der Waals surface area contributed by atoms with E-state index in [1.54, 1.807) is 29.1 Å². The van der Waals surface area contributed by atoms with Crippen molar-refractivity contribution in [3.05, 3.63) is 42.1 Å². The topological polar surface area (TPSA) is 56.2 Å². The number of alkyl halides is 2. The number of carbonyl (C=O) groups is 1. The monoisotopic (exact) mass is 323 g/mol. The third kappa shape index (κ3) is 5.36. The van der Waals surface area contributed by atoms with E-state index in [2.05, 4.69) is 29.0 Å². The van der Waals surface area contributed by atoms with Gasteiger partial charge in [-0.1, -0.05) is 26.0 Å². The lowest BCUT2D eigenvalue weighted by molar-refractivity contribution is -0.115. The molecule has 0 aliphatic rings. The van der Waals surface area contributed by atoms with Crippen LogP contribution in [-0.4, -0.2) is 22.3 Å². The molecule has 0 radical (unpaired) electrons. The van der Waals surface area contributed by atoms with Crippen LogP contribution in [0.1, 0.15) is 19.4 Å². The van der Waals surface area contributed by atoms with Gasteiger partial charge in [0, 0.05) is 12.6 Å². The summed E-state index contributed by atoms with van der Waals surface area (Å²) in [5.41, 5.74) is 0.707. The van der Waals surface area contributed by atoms with E-state index in [0.717, 1.165) is 0 Å². The molecule has 7 heteroatoms. The molecule has 0 saturated carbocycles. The van der Waals surface area contributed by atoms with Gasteiger partial charge in [0.15, 0.2) is 0 Å². The molecule has 124 valence electrons. The fourth-order valence-corrected chi connectivity index (χ4v) is 2.09. The predicted octanol–water partition coefficient (Wildman–Crippen LogP) is 3.32. The number of nitrogens with zero attached hydrogens (tertiary/aromatic N) is 2. The molecule has 5 nitrogen and oxygen atoms in total. The lowest BCUT2D eigenvalue weighted by Crippen LogP contribution is -2.18. The van der Waals surface area contributed by atoms with Crippen molar-refractivity contribution in [1.82, 2.24) is 9.78 Å². The van der Waals surface area contributed by atoms with Crippen LogP contribution in [0.3, 0.4) is 0 Å².